The van der Waals surface area contributed by atoms with Gasteiger partial charge in [0.2, 0.25) is 5.95 Å². The third kappa shape index (κ3) is 4.46. The number of rotatable bonds is 8. The molecule has 1 amide bonds. The highest BCUT2D eigenvalue weighted by Gasteiger charge is 2.13. The van der Waals surface area contributed by atoms with Gasteiger partial charge in [-0.2, -0.15) is 0 Å². The molecule has 0 saturated carbocycles. The number of carbonyl (C=O) groups is 1. The molecule has 0 unspecified atom stereocenters. The monoisotopic (exact) mass is 366 g/mol. The third-order valence-electron chi connectivity index (χ3n) is 4.39. The average molecular weight is 366 g/mol. The molecule has 3 aromatic rings. The van der Waals surface area contributed by atoms with E-state index in [4.69, 9.17) is 10.1 Å². The molecule has 0 radical (unpaired) electrons. The molecule has 142 valence electrons. The number of nitrogens with one attached hydrogen (secondary N) is 2. The first-order valence-corrected chi connectivity index (χ1v) is 9.31. The van der Waals surface area contributed by atoms with Gasteiger partial charge in [-0.05, 0) is 37.1 Å². The van der Waals surface area contributed by atoms with E-state index in [1.807, 2.05) is 6.07 Å². The van der Waals surface area contributed by atoms with E-state index in [0.717, 1.165) is 29.9 Å². The Kier molecular flexibility index (Phi) is 6.08. The van der Waals surface area contributed by atoms with E-state index in [1.165, 1.54) is 11.1 Å². The highest BCUT2D eigenvalue weighted by atomic mass is 16.3. The first-order chi connectivity index (χ1) is 13.1. The van der Waals surface area contributed by atoms with Gasteiger partial charge in [-0.15, -0.1) is 0 Å². The molecule has 1 aromatic heterocycles. The fourth-order valence-corrected chi connectivity index (χ4v) is 3.13. The van der Waals surface area contributed by atoms with Crippen molar-refractivity contribution in [3.63, 3.8) is 0 Å². The molecular formula is C21H26N4O2. The van der Waals surface area contributed by atoms with E-state index >= 15 is 0 Å². The summed E-state index contributed by atoms with van der Waals surface area (Å²) in [5.74, 6) is 0.603. The minimum absolute atomic E-state index is 0.0772. The molecule has 0 aliphatic carbocycles. The van der Waals surface area contributed by atoms with Gasteiger partial charge in [0.15, 0.2) is 0 Å². The second kappa shape index (κ2) is 8.68. The van der Waals surface area contributed by atoms with E-state index in [-0.39, 0.29) is 19.1 Å². The van der Waals surface area contributed by atoms with Crippen LogP contribution in [0.3, 0.4) is 0 Å². The molecule has 0 saturated heterocycles. The number of fused-ring (bicyclic) bond motifs is 1. The Morgan fingerprint density at radius 3 is 2.81 bits per heavy atom. The molecule has 2 aromatic carbocycles. The first kappa shape index (κ1) is 18.9. The predicted molar refractivity (Wildman–Crippen MR) is 108 cm³/mol. The minimum Gasteiger partial charge on any atom is -0.395 e. The topological polar surface area (TPSA) is 79.2 Å². The van der Waals surface area contributed by atoms with Gasteiger partial charge < -0.3 is 20.3 Å². The fraction of sp³-hybridized carbons (Fsp3) is 0.333. The highest BCUT2D eigenvalue weighted by molar-refractivity contribution is 5.97. The van der Waals surface area contributed by atoms with Gasteiger partial charge >= 0.3 is 0 Å². The van der Waals surface area contributed by atoms with Gasteiger partial charge in [-0.3, -0.25) is 4.79 Å². The van der Waals surface area contributed by atoms with Gasteiger partial charge in [0, 0.05) is 25.2 Å². The smallest absolute Gasteiger partial charge is 0.251 e. The number of benzene rings is 2. The largest absolute Gasteiger partial charge is 0.395 e. The van der Waals surface area contributed by atoms with Gasteiger partial charge in [0.1, 0.15) is 0 Å². The normalized spacial score (nSPS) is 10.9. The van der Waals surface area contributed by atoms with Crippen LogP contribution >= 0.6 is 0 Å². The zero-order chi connectivity index (χ0) is 19.2. The molecule has 0 fully saturated rings. The lowest BCUT2D eigenvalue weighted by atomic mass is 10.1. The average Bonchev–Trinajstić information content (AvgIpc) is 3.01. The van der Waals surface area contributed by atoms with Crippen molar-refractivity contribution in [2.75, 3.05) is 18.5 Å². The lowest BCUT2D eigenvalue weighted by Gasteiger charge is -2.10. The second-order valence-corrected chi connectivity index (χ2v) is 6.61. The number of imidazole rings is 1. The number of aryl methyl sites for hydroxylation is 2. The summed E-state index contributed by atoms with van der Waals surface area (Å²) in [7, 11) is 0. The molecule has 1 heterocycles. The molecule has 6 nitrogen and oxygen atoms in total. The number of aliphatic hydroxyl groups excluding tert-OH is 1. The van der Waals surface area contributed by atoms with E-state index in [2.05, 4.69) is 53.3 Å². The number of hydrogen-bond acceptors (Lipinski definition) is 4. The van der Waals surface area contributed by atoms with Crippen molar-refractivity contribution in [2.45, 2.75) is 33.4 Å². The van der Waals surface area contributed by atoms with E-state index < -0.39 is 0 Å². The second-order valence-electron chi connectivity index (χ2n) is 6.61. The lowest BCUT2D eigenvalue weighted by Crippen LogP contribution is -2.26. The van der Waals surface area contributed by atoms with Crippen LogP contribution in [0.15, 0.2) is 42.5 Å². The highest BCUT2D eigenvalue weighted by Crippen LogP contribution is 2.22. The van der Waals surface area contributed by atoms with Crippen molar-refractivity contribution < 1.29 is 9.90 Å². The molecule has 0 aliphatic rings. The molecule has 0 spiro atoms. The van der Waals surface area contributed by atoms with Crippen LogP contribution in [-0.2, 0) is 13.1 Å². The Morgan fingerprint density at radius 1 is 1.22 bits per heavy atom. The Morgan fingerprint density at radius 2 is 2.07 bits per heavy atom. The van der Waals surface area contributed by atoms with Crippen LogP contribution in [0.2, 0.25) is 0 Å². The Labute approximate surface area is 159 Å². The van der Waals surface area contributed by atoms with E-state index in [0.29, 0.717) is 12.1 Å². The third-order valence-corrected chi connectivity index (χ3v) is 4.39. The molecule has 6 heteroatoms. The maximum Gasteiger partial charge on any atom is 0.251 e. The first-order valence-electron chi connectivity index (χ1n) is 9.31. The number of aliphatic hydroxyl groups is 1. The van der Waals surface area contributed by atoms with Gasteiger partial charge in [0.25, 0.3) is 5.91 Å². The number of hydrogen-bond donors (Lipinski definition) is 3. The Bertz CT molecular complexity index is 933. The Balaban J connectivity index is 1.87. The zero-order valence-corrected chi connectivity index (χ0v) is 15.8. The molecule has 3 N–H and O–H groups in total. The van der Waals surface area contributed by atoms with Crippen LogP contribution in [0, 0.1) is 6.92 Å². The predicted octanol–water partition coefficient (Wildman–Crippen LogP) is 3.09. The van der Waals surface area contributed by atoms with E-state index in [9.17, 15) is 4.79 Å². The Hall–Kier alpha value is -2.86. The zero-order valence-electron chi connectivity index (χ0n) is 15.8. The standard InChI is InChI=1S/C21H26N4O2/c1-3-10-25-19-8-7-17(20(27)22-9-11-26)13-18(19)24-21(25)23-14-16-6-4-5-15(2)12-16/h4-8,12-13,26H,3,9-11,14H2,1-2H3,(H,22,27)(H,23,24). The molecule has 0 atom stereocenters. The molecule has 0 aliphatic heterocycles. The van der Waals surface area contributed by atoms with Crippen molar-refractivity contribution >= 4 is 22.9 Å². The molecule has 27 heavy (non-hydrogen) atoms. The maximum atomic E-state index is 12.1. The molecule has 0 bridgehead atoms. The van der Waals surface area contributed by atoms with Crippen LogP contribution in [0.25, 0.3) is 11.0 Å². The van der Waals surface area contributed by atoms with Crippen LogP contribution < -0.4 is 10.6 Å². The number of carbonyl (C=O) groups excluding carboxylic acids is 1. The number of nitrogens with zero attached hydrogens (tertiary/aromatic N) is 2. The number of amides is 1. The summed E-state index contributed by atoms with van der Waals surface area (Å²) >= 11 is 0. The minimum atomic E-state index is -0.203. The van der Waals surface area contributed by atoms with Crippen LogP contribution in [-0.4, -0.2) is 33.7 Å². The van der Waals surface area contributed by atoms with Crippen LogP contribution in [0.4, 0.5) is 5.95 Å². The number of aromatic nitrogens is 2. The lowest BCUT2D eigenvalue weighted by molar-refractivity contribution is 0.0945. The SMILES string of the molecule is CCCn1c(NCc2cccc(C)c2)nc2cc(C(=O)NCCO)ccc21. The summed E-state index contributed by atoms with van der Waals surface area (Å²) in [6.07, 6.45) is 0.989. The van der Waals surface area contributed by atoms with Crippen LogP contribution in [0.5, 0.6) is 0 Å². The number of anilines is 1. The summed E-state index contributed by atoms with van der Waals surface area (Å²) in [6, 6.07) is 13.9. The fourth-order valence-electron chi connectivity index (χ4n) is 3.13. The van der Waals surface area contributed by atoms with Crippen molar-refractivity contribution in [1.82, 2.24) is 14.9 Å². The summed E-state index contributed by atoms with van der Waals surface area (Å²) in [4.78, 5) is 16.8. The van der Waals surface area contributed by atoms with Crippen molar-refractivity contribution in [1.29, 1.82) is 0 Å². The summed E-state index contributed by atoms with van der Waals surface area (Å²) in [5.41, 5.74) is 4.76. The summed E-state index contributed by atoms with van der Waals surface area (Å²) < 4.78 is 2.15. The summed E-state index contributed by atoms with van der Waals surface area (Å²) in [5, 5.41) is 15.0. The van der Waals surface area contributed by atoms with Crippen LogP contribution in [0.1, 0.15) is 34.8 Å². The molecular weight excluding hydrogens is 340 g/mol. The van der Waals surface area contributed by atoms with Crippen molar-refractivity contribution in [3.05, 3.63) is 59.2 Å². The maximum absolute atomic E-state index is 12.1. The van der Waals surface area contributed by atoms with Crippen molar-refractivity contribution in [3.8, 4) is 0 Å². The van der Waals surface area contributed by atoms with Gasteiger partial charge in [-0.25, -0.2) is 4.98 Å². The van der Waals surface area contributed by atoms with Gasteiger partial charge in [-0.1, -0.05) is 36.8 Å². The van der Waals surface area contributed by atoms with E-state index in [1.54, 1.807) is 12.1 Å². The summed E-state index contributed by atoms with van der Waals surface area (Å²) in [6.45, 7) is 5.92. The van der Waals surface area contributed by atoms with Gasteiger partial charge in [0.05, 0.1) is 17.6 Å². The molecule has 3 rings (SSSR count). The quantitative estimate of drug-likeness (QED) is 0.572. The van der Waals surface area contributed by atoms with Crippen molar-refractivity contribution in [2.24, 2.45) is 0 Å².